The Morgan fingerprint density at radius 3 is 2.62 bits per heavy atom. The van der Waals surface area contributed by atoms with E-state index in [0.717, 1.165) is 6.42 Å². The third-order valence-corrected chi connectivity index (χ3v) is 1.96. The fraction of sp³-hybridized carbons (Fsp3) is 0.455. The molecule has 0 fully saturated rings. The molecule has 0 bridgehead atoms. The van der Waals surface area contributed by atoms with E-state index in [4.69, 9.17) is 4.74 Å². The summed E-state index contributed by atoms with van der Waals surface area (Å²) in [6.07, 6.45) is 1.05. The van der Waals surface area contributed by atoms with Crippen LogP contribution in [0, 0.1) is 0 Å². The van der Waals surface area contributed by atoms with E-state index in [9.17, 15) is 0 Å². The largest absolute Gasteiger partial charge is 0.370 e. The maximum absolute atomic E-state index is 4.94. The van der Waals surface area contributed by atoms with Gasteiger partial charge in [-0.1, -0.05) is 30.3 Å². The number of ether oxygens (including phenoxy) is 1. The van der Waals surface area contributed by atoms with Crippen LogP contribution >= 0.6 is 0 Å². The maximum atomic E-state index is 4.94. The molecule has 0 saturated heterocycles. The predicted octanol–water partition coefficient (Wildman–Crippen LogP) is 1.81. The van der Waals surface area contributed by atoms with Gasteiger partial charge in [0.2, 0.25) is 0 Å². The van der Waals surface area contributed by atoms with E-state index >= 15 is 0 Å². The number of benzene rings is 1. The summed E-state index contributed by atoms with van der Waals surface area (Å²) in [4.78, 5) is 0. The summed E-state index contributed by atoms with van der Waals surface area (Å²) >= 11 is 0. The Labute approximate surface area is 79.9 Å². The zero-order valence-corrected chi connectivity index (χ0v) is 8.29. The lowest BCUT2D eigenvalue weighted by Crippen LogP contribution is -2.29. The molecule has 1 aromatic rings. The van der Waals surface area contributed by atoms with E-state index in [1.807, 2.05) is 6.07 Å². The Balaban J connectivity index is 2.32. The minimum Gasteiger partial charge on any atom is -0.370 e. The first-order valence-electron chi connectivity index (χ1n) is 4.59. The lowest BCUT2D eigenvalue weighted by atomic mass is 10.1. The van der Waals surface area contributed by atoms with Gasteiger partial charge >= 0.3 is 0 Å². The van der Waals surface area contributed by atoms with Gasteiger partial charge in [0.25, 0.3) is 0 Å². The zero-order valence-electron chi connectivity index (χ0n) is 8.29. The summed E-state index contributed by atoms with van der Waals surface area (Å²) in [5.41, 5.74) is 1.36. The van der Waals surface area contributed by atoms with Crippen molar-refractivity contribution in [1.29, 1.82) is 0 Å². The van der Waals surface area contributed by atoms with Crippen molar-refractivity contribution in [3.8, 4) is 0 Å². The number of rotatable bonds is 5. The quantitative estimate of drug-likeness (QED) is 0.696. The summed E-state index contributed by atoms with van der Waals surface area (Å²) in [5.74, 6) is 0. The van der Waals surface area contributed by atoms with E-state index in [1.54, 1.807) is 7.11 Å². The Kier molecular flexibility index (Phi) is 4.50. The molecule has 1 unspecified atom stereocenters. The molecule has 0 radical (unpaired) electrons. The van der Waals surface area contributed by atoms with Gasteiger partial charge in [0.15, 0.2) is 0 Å². The molecule has 0 heterocycles. The molecule has 1 N–H and O–H groups in total. The molecule has 72 valence electrons. The van der Waals surface area contributed by atoms with Crippen molar-refractivity contribution < 1.29 is 4.74 Å². The molecule has 0 aromatic heterocycles. The second-order valence-corrected chi connectivity index (χ2v) is 3.23. The number of hydrogen-bond acceptors (Lipinski definition) is 2. The van der Waals surface area contributed by atoms with Crippen LogP contribution in [-0.2, 0) is 11.2 Å². The van der Waals surface area contributed by atoms with Crippen molar-refractivity contribution in [3.05, 3.63) is 35.9 Å². The topological polar surface area (TPSA) is 21.3 Å². The Morgan fingerprint density at radius 1 is 1.31 bits per heavy atom. The molecule has 0 aliphatic heterocycles. The van der Waals surface area contributed by atoms with E-state index in [0.29, 0.717) is 12.8 Å². The summed E-state index contributed by atoms with van der Waals surface area (Å²) in [7, 11) is 1.70. The predicted molar refractivity (Wildman–Crippen MR) is 54.6 cm³/mol. The van der Waals surface area contributed by atoms with Gasteiger partial charge in [0.05, 0.1) is 6.73 Å². The summed E-state index contributed by atoms with van der Waals surface area (Å²) in [6.45, 7) is 2.78. The highest BCUT2D eigenvalue weighted by atomic mass is 16.5. The van der Waals surface area contributed by atoms with Gasteiger partial charge in [-0.2, -0.15) is 0 Å². The Bertz CT molecular complexity index is 223. The average Bonchev–Trinajstić information content (AvgIpc) is 2.16. The van der Waals surface area contributed by atoms with Crippen molar-refractivity contribution in [1.82, 2.24) is 5.32 Å². The molecule has 0 aliphatic rings. The van der Waals surface area contributed by atoms with Crippen LogP contribution in [0.15, 0.2) is 30.3 Å². The van der Waals surface area contributed by atoms with Crippen molar-refractivity contribution in [2.75, 3.05) is 13.8 Å². The van der Waals surface area contributed by atoms with E-state index in [-0.39, 0.29) is 0 Å². The smallest absolute Gasteiger partial charge is 0.0963 e. The standard InChI is InChI=1S/C11H17NO/c1-10(12-9-13-2)8-11-6-4-3-5-7-11/h3-7,10,12H,8-9H2,1-2H3. The van der Waals surface area contributed by atoms with Gasteiger partial charge in [-0.3, -0.25) is 5.32 Å². The van der Waals surface area contributed by atoms with E-state index < -0.39 is 0 Å². The highest BCUT2D eigenvalue weighted by molar-refractivity contribution is 5.15. The second kappa shape index (κ2) is 5.73. The zero-order chi connectivity index (χ0) is 9.52. The average molecular weight is 179 g/mol. The van der Waals surface area contributed by atoms with Crippen LogP contribution < -0.4 is 5.32 Å². The highest BCUT2D eigenvalue weighted by Crippen LogP contribution is 2.02. The van der Waals surface area contributed by atoms with Crippen LogP contribution in [0.2, 0.25) is 0 Å². The SMILES string of the molecule is COCNC(C)Cc1ccccc1. The lowest BCUT2D eigenvalue weighted by Gasteiger charge is -2.12. The molecular formula is C11H17NO. The van der Waals surface area contributed by atoms with Crippen molar-refractivity contribution in [2.24, 2.45) is 0 Å². The third kappa shape index (κ3) is 4.06. The van der Waals surface area contributed by atoms with Crippen LogP contribution in [0.25, 0.3) is 0 Å². The van der Waals surface area contributed by atoms with Gasteiger partial charge in [0.1, 0.15) is 0 Å². The minimum absolute atomic E-state index is 0.461. The molecule has 0 spiro atoms. The Morgan fingerprint density at radius 2 is 2.00 bits per heavy atom. The van der Waals surface area contributed by atoms with Gasteiger partial charge in [-0.25, -0.2) is 0 Å². The van der Waals surface area contributed by atoms with Crippen LogP contribution in [0.5, 0.6) is 0 Å². The lowest BCUT2D eigenvalue weighted by molar-refractivity contribution is 0.165. The molecule has 2 nitrogen and oxygen atoms in total. The number of nitrogens with one attached hydrogen (secondary N) is 1. The van der Waals surface area contributed by atoms with Crippen LogP contribution in [-0.4, -0.2) is 19.9 Å². The fourth-order valence-corrected chi connectivity index (χ4v) is 1.27. The van der Waals surface area contributed by atoms with Gasteiger partial charge < -0.3 is 4.74 Å². The first-order chi connectivity index (χ1) is 6.33. The molecular weight excluding hydrogens is 162 g/mol. The van der Waals surface area contributed by atoms with Crippen LogP contribution in [0.1, 0.15) is 12.5 Å². The molecule has 13 heavy (non-hydrogen) atoms. The second-order valence-electron chi connectivity index (χ2n) is 3.23. The van der Waals surface area contributed by atoms with Gasteiger partial charge in [-0.05, 0) is 18.9 Å². The molecule has 1 rings (SSSR count). The van der Waals surface area contributed by atoms with E-state index in [2.05, 4.69) is 36.5 Å². The molecule has 0 saturated carbocycles. The fourth-order valence-electron chi connectivity index (χ4n) is 1.27. The number of hydrogen-bond donors (Lipinski definition) is 1. The normalized spacial score (nSPS) is 12.8. The maximum Gasteiger partial charge on any atom is 0.0963 e. The summed E-state index contributed by atoms with van der Waals surface area (Å²) in [6, 6.07) is 10.9. The number of methoxy groups -OCH3 is 1. The molecule has 1 aromatic carbocycles. The van der Waals surface area contributed by atoms with Crippen molar-refractivity contribution in [2.45, 2.75) is 19.4 Å². The van der Waals surface area contributed by atoms with E-state index in [1.165, 1.54) is 5.56 Å². The third-order valence-electron chi connectivity index (χ3n) is 1.96. The minimum atomic E-state index is 0.461. The van der Waals surface area contributed by atoms with Crippen molar-refractivity contribution >= 4 is 0 Å². The van der Waals surface area contributed by atoms with Crippen LogP contribution in [0.3, 0.4) is 0 Å². The monoisotopic (exact) mass is 179 g/mol. The first-order valence-corrected chi connectivity index (χ1v) is 4.59. The molecule has 1 atom stereocenters. The molecule has 0 aliphatic carbocycles. The summed E-state index contributed by atoms with van der Waals surface area (Å²) < 4.78 is 4.94. The molecule has 2 heteroatoms. The van der Waals surface area contributed by atoms with Crippen LogP contribution in [0.4, 0.5) is 0 Å². The Hall–Kier alpha value is -0.860. The van der Waals surface area contributed by atoms with Crippen molar-refractivity contribution in [3.63, 3.8) is 0 Å². The highest BCUT2D eigenvalue weighted by Gasteiger charge is 2.00. The van der Waals surface area contributed by atoms with Gasteiger partial charge in [0, 0.05) is 13.2 Å². The first kappa shape index (κ1) is 10.2. The molecule has 0 amide bonds. The van der Waals surface area contributed by atoms with Gasteiger partial charge in [-0.15, -0.1) is 0 Å². The summed E-state index contributed by atoms with van der Waals surface area (Å²) in [5, 5.41) is 3.26.